The van der Waals surface area contributed by atoms with Gasteiger partial charge in [0.25, 0.3) is 5.91 Å². The van der Waals surface area contributed by atoms with E-state index in [2.05, 4.69) is 15.5 Å². The van der Waals surface area contributed by atoms with E-state index in [1.807, 2.05) is 4.90 Å². The van der Waals surface area contributed by atoms with Crippen molar-refractivity contribution in [2.45, 2.75) is 36.1 Å². The molecule has 11 heteroatoms. The van der Waals surface area contributed by atoms with E-state index >= 15 is 0 Å². The highest BCUT2D eigenvalue weighted by atomic mass is 35.5. The molecule has 2 aromatic rings. The minimum Gasteiger partial charge on any atom is -0.353 e. The zero-order valence-electron chi connectivity index (χ0n) is 16.9. The predicted octanol–water partition coefficient (Wildman–Crippen LogP) is 3.44. The first kappa shape index (κ1) is 22.3. The molecule has 1 saturated carbocycles. The number of nitrogens with one attached hydrogen (secondary N) is 1. The third kappa shape index (κ3) is 5.48. The lowest BCUT2D eigenvalue weighted by Crippen LogP contribution is -2.49. The van der Waals surface area contributed by atoms with E-state index in [9.17, 15) is 14.0 Å². The summed E-state index contributed by atoms with van der Waals surface area (Å²) in [6.45, 7) is 2.02. The average molecular weight is 484 g/mol. The number of carbonyl (C=O) groups excluding carboxylic acids is 2. The molecular weight excluding hydrogens is 461 g/mol. The van der Waals surface area contributed by atoms with E-state index in [1.165, 1.54) is 54.1 Å². The number of aromatic nitrogens is 2. The summed E-state index contributed by atoms with van der Waals surface area (Å²) in [6, 6.07) is 4.55. The summed E-state index contributed by atoms with van der Waals surface area (Å²) in [4.78, 5) is 28.4. The minimum atomic E-state index is -0.609. The monoisotopic (exact) mass is 483 g/mol. The van der Waals surface area contributed by atoms with Crippen molar-refractivity contribution in [1.29, 1.82) is 0 Å². The molecular formula is C20H23ClFN5O2S2. The van der Waals surface area contributed by atoms with E-state index in [-0.39, 0.29) is 16.5 Å². The van der Waals surface area contributed by atoms with Crippen LogP contribution < -0.4 is 10.2 Å². The van der Waals surface area contributed by atoms with Crippen LogP contribution in [0.4, 0.5) is 9.52 Å². The summed E-state index contributed by atoms with van der Waals surface area (Å²) in [5.41, 5.74) is -0.0805. The van der Waals surface area contributed by atoms with E-state index in [1.54, 1.807) is 4.90 Å². The smallest absolute Gasteiger partial charge is 0.258 e. The Kier molecular flexibility index (Phi) is 7.29. The van der Waals surface area contributed by atoms with Crippen LogP contribution in [0.1, 0.15) is 36.0 Å². The highest BCUT2D eigenvalue weighted by Crippen LogP contribution is 2.29. The number of piperazine rings is 1. The normalized spacial score (nSPS) is 17.2. The molecule has 0 radical (unpaired) electrons. The molecule has 1 N–H and O–H groups in total. The first-order valence-electron chi connectivity index (χ1n) is 10.2. The van der Waals surface area contributed by atoms with Crippen LogP contribution in [0.3, 0.4) is 0 Å². The Bertz CT molecular complexity index is 925. The fraction of sp³-hybridized carbons (Fsp3) is 0.500. The molecule has 0 unspecified atom stereocenters. The Morgan fingerprint density at radius 1 is 1.19 bits per heavy atom. The quantitative estimate of drug-likeness (QED) is 0.634. The maximum atomic E-state index is 14.1. The number of anilines is 1. The van der Waals surface area contributed by atoms with E-state index in [0.717, 1.165) is 22.3 Å². The fourth-order valence-corrected chi connectivity index (χ4v) is 5.76. The van der Waals surface area contributed by atoms with Gasteiger partial charge in [-0.25, -0.2) is 4.39 Å². The van der Waals surface area contributed by atoms with Crippen LogP contribution in [0, 0.1) is 5.82 Å². The molecule has 2 heterocycles. The Morgan fingerprint density at radius 2 is 1.94 bits per heavy atom. The van der Waals surface area contributed by atoms with Gasteiger partial charge in [-0.3, -0.25) is 9.59 Å². The number of hydrogen-bond donors (Lipinski definition) is 1. The lowest BCUT2D eigenvalue weighted by atomic mass is 10.1. The Hall–Kier alpha value is -1.91. The van der Waals surface area contributed by atoms with Crippen molar-refractivity contribution in [3.63, 3.8) is 0 Å². The Morgan fingerprint density at radius 3 is 2.65 bits per heavy atom. The Labute approximate surface area is 193 Å². The predicted molar refractivity (Wildman–Crippen MR) is 121 cm³/mol. The largest absolute Gasteiger partial charge is 0.353 e. The molecule has 0 bridgehead atoms. The molecule has 4 rings (SSSR count). The van der Waals surface area contributed by atoms with Crippen LogP contribution >= 0.6 is 34.7 Å². The van der Waals surface area contributed by atoms with Gasteiger partial charge in [-0.05, 0) is 25.0 Å². The summed E-state index contributed by atoms with van der Waals surface area (Å²) in [7, 11) is 0. The molecule has 31 heavy (non-hydrogen) atoms. The number of nitrogens with zero attached hydrogens (tertiary/aromatic N) is 4. The second-order valence-corrected chi connectivity index (χ2v) is 10.1. The molecule has 7 nitrogen and oxygen atoms in total. The summed E-state index contributed by atoms with van der Waals surface area (Å²) in [5.74, 6) is -0.642. The summed E-state index contributed by atoms with van der Waals surface area (Å²) in [6.07, 6.45) is 4.50. The summed E-state index contributed by atoms with van der Waals surface area (Å²) in [5, 5.41) is 12.4. The molecule has 1 aliphatic carbocycles. The average Bonchev–Trinajstić information content (AvgIpc) is 3.44. The van der Waals surface area contributed by atoms with Crippen molar-refractivity contribution in [1.82, 2.24) is 20.4 Å². The summed E-state index contributed by atoms with van der Waals surface area (Å²) >= 11 is 8.85. The summed E-state index contributed by atoms with van der Waals surface area (Å²) < 4.78 is 14.8. The van der Waals surface area contributed by atoms with Gasteiger partial charge in [-0.2, -0.15) is 0 Å². The zero-order valence-corrected chi connectivity index (χ0v) is 19.2. The van der Waals surface area contributed by atoms with Crippen LogP contribution in [0.25, 0.3) is 0 Å². The third-order valence-corrected chi connectivity index (χ3v) is 7.89. The first-order valence-corrected chi connectivity index (χ1v) is 12.4. The van der Waals surface area contributed by atoms with E-state index < -0.39 is 11.7 Å². The van der Waals surface area contributed by atoms with Gasteiger partial charge >= 0.3 is 0 Å². The highest BCUT2D eigenvalue weighted by Gasteiger charge is 2.27. The van der Waals surface area contributed by atoms with Gasteiger partial charge in [-0.15, -0.1) is 10.2 Å². The maximum Gasteiger partial charge on any atom is 0.258 e. The number of amides is 2. The standard InChI is InChI=1S/C20H23ClFN5O2S2/c21-14-6-3-7-15(22)17(14)18(29)26-8-10-27(11-9-26)19-24-25-20(31-19)30-12-16(28)23-13-4-1-2-5-13/h3,6-7,13H,1-2,4-5,8-12H2,(H,23,28). The van der Waals surface area contributed by atoms with Crippen molar-refractivity contribution < 1.29 is 14.0 Å². The number of halogens is 2. The van der Waals surface area contributed by atoms with E-state index in [0.29, 0.717) is 38.0 Å². The molecule has 166 valence electrons. The first-order chi connectivity index (χ1) is 15.0. The number of thioether (sulfide) groups is 1. The SMILES string of the molecule is O=C(CSc1nnc(N2CCN(C(=O)c3c(F)cccc3Cl)CC2)s1)NC1CCCC1. The lowest BCUT2D eigenvalue weighted by molar-refractivity contribution is -0.119. The fourth-order valence-electron chi connectivity index (χ4n) is 3.82. The third-order valence-electron chi connectivity index (χ3n) is 5.46. The van der Waals surface area contributed by atoms with Gasteiger partial charge in [0.05, 0.1) is 16.3 Å². The maximum absolute atomic E-state index is 14.1. The van der Waals surface area contributed by atoms with Gasteiger partial charge in [0.2, 0.25) is 11.0 Å². The second kappa shape index (κ2) is 10.1. The van der Waals surface area contributed by atoms with E-state index in [4.69, 9.17) is 11.6 Å². The Balaban J connectivity index is 1.27. The van der Waals surface area contributed by atoms with Crippen LogP contribution in [-0.4, -0.2) is 64.9 Å². The van der Waals surface area contributed by atoms with Crippen molar-refractivity contribution in [2.75, 3.05) is 36.8 Å². The van der Waals surface area contributed by atoms with Gasteiger partial charge in [0.1, 0.15) is 5.82 Å². The van der Waals surface area contributed by atoms with Gasteiger partial charge in [-0.1, -0.05) is 53.6 Å². The molecule has 1 aromatic heterocycles. The number of rotatable bonds is 6. The van der Waals surface area contributed by atoms with Gasteiger partial charge in [0, 0.05) is 32.2 Å². The van der Waals surface area contributed by atoms with Crippen LogP contribution in [-0.2, 0) is 4.79 Å². The molecule has 0 atom stereocenters. The molecule has 0 spiro atoms. The van der Waals surface area contributed by atoms with Gasteiger partial charge < -0.3 is 15.1 Å². The highest BCUT2D eigenvalue weighted by molar-refractivity contribution is 8.01. The van der Waals surface area contributed by atoms with Crippen molar-refractivity contribution in [3.8, 4) is 0 Å². The number of carbonyl (C=O) groups is 2. The molecule has 1 saturated heterocycles. The van der Waals surface area contributed by atoms with Crippen LogP contribution in [0.2, 0.25) is 5.02 Å². The van der Waals surface area contributed by atoms with Crippen LogP contribution in [0.15, 0.2) is 22.5 Å². The second-order valence-electron chi connectivity index (χ2n) is 7.56. The minimum absolute atomic E-state index is 0.0348. The molecule has 2 amide bonds. The van der Waals surface area contributed by atoms with Gasteiger partial charge in [0.15, 0.2) is 4.34 Å². The molecule has 1 aromatic carbocycles. The van der Waals surface area contributed by atoms with Crippen molar-refractivity contribution in [3.05, 3.63) is 34.6 Å². The molecule has 2 aliphatic rings. The topological polar surface area (TPSA) is 78.4 Å². The van der Waals surface area contributed by atoms with Crippen molar-refractivity contribution in [2.24, 2.45) is 0 Å². The molecule has 2 fully saturated rings. The zero-order chi connectivity index (χ0) is 21.8. The number of hydrogen-bond acceptors (Lipinski definition) is 7. The molecule has 1 aliphatic heterocycles. The lowest BCUT2D eigenvalue weighted by Gasteiger charge is -2.34. The van der Waals surface area contributed by atoms with Crippen LogP contribution in [0.5, 0.6) is 0 Å². The number of benzene rings is 1. The van der Waals surface area contributed by atoms with Crippen molar-refractivity contribution >= 4 is 51.6 Å².